The van der Waals surface area contributed by atoms with Gasteiger partial charge in [-0.3, -0.25) is 4.79 Å². The maximum atomic E-state index is 12.7. The fourth-order valence-electron chi connectivity index (χ4n) is 5.15. The lowest BCUT2D eigenvalue weighted by molar-refractivity contribution is -0.117. The van der Waals surface area contributed by atoms with Crippen molar-refractivity contribution in [2.45, 2.75) is 76.4 Å². The molecule has 3 aliphatic rings. The zero-order chi connectivity index (χ0) is 18.9. The highest BCUT2D eigenvalue weighted by atomic mass is 16.2. The topological polar surface area (TPSA) is 71.8 Å². The molecule has 3 heterocycles. The third-order valence-corrected chi connectivity index (χ3v) is 6.70. The van der Waals surface area contributed by atoms with Crippen LogP contribution >= 0.6 is 0 Å². The third-order valence-electron chi connectivity index (χ3n) is 6.70. The van der Waals surface area contributed by atoms with Crippen molar-refractivity contribution in [2.75, 3.05) is 5.32 Å². The lowest BCUT2D eigenvalue weighted by atomic mass is 9.85. The molecule has 2 aromatic rings. The van der Waals surface area contributed by atoms with E-state index in [2.05, 4.69) is 25.4 Å². The Kier molecular flexibility index (Phi) is 4.89. The van der Waals surface area contributed by atoms with Crippen LogP contribution in [-0.4, -0.2) is 32.8 Å². The molecule has 0 radical (unpaired) electrons. The van der Waals surface area contributed by atoms with Crippen molar-refractivity contribution in [1.29, 1.82) is 0 Å². The van der Waals surface area contributed by atoms with Crippen molar-refractivity contribution >= 4 is 11.6 Å². The monoisotopic (exact) mass is 379 g/mol. The number of aryl methyl sites for hydroxylation is 1. The van der Waals surface area contributed by atoms with Crippen LogP contribution in [0, 0.1) is 5.92 Å². The second-order valence-electron chi connectivity index (χ2n) is 8.57. The Morgan fingerprint density at radius 2 is 1.89 bits per heavy atom. The highest BCUT2D eigenvalue weighted by molar-refractivity contribution is 5.95. The maximum Gasteiger partial charge on any atom is 0.241 e. The summed E-state index contributed by atoms with van der Waals surface area (Å²) >= 11 is 0. The highest BCUT2D eigenvalue weighted by Crippen LogP contribution is 2.33. The molecule has 148 valence electrons. The van der Waals surface area contributed by atoms with E-state index >= 15 is 0 Å². The number of rotatable bonds is 3. The van der Waals surface area contributed by atoms with Gasteiger partial charge >= 0.3 is 0 Å². The molecule has 1 saturated heterocycles. The number of nitrogens with one attached hydrogen (secondary N) is 2. The Bertz CT molecular complexity index is 829. The smallest absolute Gasteiger partial charge is 0.241 e. The van der Waals surface area contributed by atoms with E-state index in [0.29, 0.717) is 12.0 Å². The van der Waals surface area contributed by atoms with E-state index in [1.807, 2.05) is 24.3 Å². The molecule has 5 rings (SSSR count). The quantitative estimate of drug-likeness (QED) is 0.856. The predicted octanol–water partition coefficient (Wildman–Crippen LogP) is 3.53. The van der Waals surface area contributed by atoms with Gasteiger partial charge in [-0.1, -0.05) is 19.3 Å². The molecule has 1 saturated carbocycles. The zero-order valence-electron chi connectivity index (χ0n) is 16.4. The summed E-state index contributed by atoms with van der Waals surface area (Å²) in [5.41, 5.74) is 1.91. The molecule has 1 amide bonds. The van der Waals surface area contributed by atoms with E-state index < -0.39 is 0 Å². The molecule has 3 atom stereocenters. The molecular weight excluding hydrogens is 350 g/mol. The van der Waals surface area contributed by atoms with Gasteiger partial charge in [0.05, 0.1) is 6.04 Å². The first-order chi connectivity index (χ1) is 13.8. The number of benzene rings is 1. The second-order valence-corrected chi connectivity index (χ2v) is 8.57. The molecule has 0 bridgehead atoms. The van der Waals surface area contributed by atoms with E-state index in [0.717, 1.165) is 42.3 Å². The molecule has 2 N–H and O–H groups in total. The number of carbonyl (C=O) groups excluding carboxylic acids is 1. The van der Waals surface area contributed by atoms with Crippen molar-refractivity contribution in [3.8, 4) is 11.4 Å². The molecular formula is C22H29N5O. The van der Waals surface area contributed by atoms with Crippen molar-refractivity contribution in [3.05, 3.63) is 30.1 Å². The first-order valence-electron chi connectivity index (χ1n) is 10.9. The largest absolute Gasteiger partial charge is 0.325 e. The van der Waals surface area contributed by atoms with Gasteiger partial charge in [-0.25, -0.2) is 0 Å². The summed E-state index contributed by atoms with van der Waals surface area (Å²) in [6, 6.07) is 8.52. The average Bonchev–Trinajstić information content (AvgIpc) is 3.26. The zero-order valence-corrected chi connectivity index (χ0v) is 16.4. The minimum absolute atomic E-state index is 0.0555. The number of anilines is 1. The normalized spacial score (nSPS) is 26.9. The summed E-state index contributed by atoms with van der Waals surface area (Å²) in [7, 11) is 0. The molecule has 1 aromatic carbocycles. The maximum absolute atomic E-state index is 12.7. The summed E-state index contributed by atoms with van der Waals surface area (Å²) in [5.74, 6) is 2.81. The SMILES string of the molecule is O=C(Nc1ccc(-c2nnc3n2CCCCC3)cc1)C1CC2CCCCC2N1. The molecule has 6 nitrogen and oxygen atoms in total. The Balaban J connectivity index is 1.26. The molecule has 1 aliphatic carbocycles. The van der Waals surface area contributed by atoms with Crippen molar-refractivity contribution in [2.24, 2.45) is 5.92 Å². The number of hydrogen-bond donors (Lipinski definition) is 2. The van der Waals surface area contributed by atoms with Gasteiger partial charge in [-0.2, -0.15) is 0 Å². The van der Waals surface area contributed by atoms with Crippen LogP contribution in [0.1, 0.15) is 57.2 Å². The Hall–Kier alpha value is -2.21. The molecule has 6 heteroatoms. The number of carbonyl (C=O) groups is 1. The van der Waals surface area contributed by atoms with Gasteiger partial charge in [0, 0.05) is 30.3 Å². The first-order valence-corrected chi connectivity index (χ1v) is 10.9. The Morgan fingerprint density at radius 1 is 1.04 bits per heavy atom. The van der Waals surface area contributed by atoms with Crippen LogP contribution < -0.4 is 10.6 Å². The number of fused-ring (bicyclic) bond motifs is 2. The second kappa shape index (κ2) is 7.66. The van der Waals surface area contributed by atoms with Gasteiger partial charge in [0.15, 0.2) is 5.82 Å². The molecule has 2 fully saturated rings. The van der Waals surface area contributed by atoms with Gasteiger partial charge in [0.2, 0.25) is 5.91 Å². The minimum Gasteiger partial charge on any atom is -0.325 e. The van der Waals surface area contributed by atoms with Gasteiger partial charge in [0.25, 0.3) is 0 Å². The van der Waals surface area contributed by atoms with Gasteiger partial charge in [-0.05, 0) is 62.3 Å². The standard InChI is InChI=1S/C22H29N5O/c28-22(19-14-16-6-3-4-7-18(16)24-19)23-17-11-9-15(10-12-17)21-26-25-20-8-2-1-5-13-27(20)21/h9-12,16,18-19,24H,1-8,13-14H2,(H,23,28). The van der Waals surface area contributed by atoms with Gasteiger partial charge < -0.3 is 15.2 Å². The van der Waals surface area contributed by atoms with E-state index in [1.165, 1.54) is 44.9 Å². The third kappa shape index (κ3) is 3.46. The van der Waals surface area contributed by atoms with Gasteiger partial charge in [0.1, 0.15) is 5.82 Å². The average molecular weight is 380 g/mol. The number of nitrogens with zero attached hydrogens (tertiary/aromatic N) is 3. The molecule has 1 aromatic heterocycles. The van der Waals surface area contributed by atoms with E-state index in [4.69, 9.17) is 0 Å². The van der Waals surface area contributed by atoms with E-state index in [1.54, 1.807) is 0 Å². The Labute approximate surface area is 166 Å². The van der Waals surface area contributed by atoms with Crippen LogP contribution in [0.5, 0.6) is 0 Å². The molecule has 3 unspecified atom stereocenters. The fraction of sp³-hybridized carbons (Fsp3) is 0.591. The van der Waals surface area contributed by atoms with Crippen LogP contribution in [0.3, 0.4) is 0 Å². The van der Waals surface area contributed by atoms with Crippen molar-refractivity contribution < 1.29 is 4.79 Å². The van der Waals surface area contributed by atoms with Crippen LogP contribution in [0.4, 0.5) is 5.69 Å². The summed E-state index contributed by atoms with van der Waals surface area (Å²) < 4.78 is 2.25. The van der Waals surface area contributed by atoms with E-state index in [9.17, 15) is 4.79 Å². The highest BCUT2D eigenvalue weighted by Gasteiger charge is 2.38. The number of hydrogen-bond acceptors (Lipinski definition) is 4. The molecule has 0 spiro atoms. The van der Waals surface area contributed by atoms with Crippen molar-refractivity contribution in [3.63, 3.8) is 0 Å². The predicted molar refractivity (Wildman–Crippen MR) is 109 cm³/mol. The summed E-state index contributed by atoms with van der Waals surface area (Å²) in [5, 5.41) is 15.5. The molecule has 2 aliphatic heterocycles. The molecule has 28 heavy (non-hydrogen) atoms. The van der Waals surface area contributed by atoms with E-state index in [-0.39, 0.29) is 11.9 Å². The van der Waals surface area contributed by atoms with Crippen LogP contribution in [-0.2, 0) is 17.8 Å². The van der Waals surface area contributed by atoms with Crippen LogP contribution in [0.2, 0.25) is 0 Å². The van der Waals surface area contributed by atoms with Crippen molar-refractivity contribution in [1.82, 2.24) is 20.1 Å². The minimum atomic E-state index is -0.0555. The fourth-order valence-corrected chi connectivity index (χ4v) is 5.15. The van der Waals surface area contributed by atoms with Crippen LogP contribution in [0.15, 0.2) is 24.3 Å². The lowest BCUT2D eigenvalue weighted by Crippen LogP contribution is -2.39. The number of amides is 1. The summed E-state index contributed by atoms with van der Waals surface area (Å²) in [6.45, 7) is 0.992. The Morgan fingerprint density at radius 3 is 2.75 bits per heavy atom. The number of aromatic nitrogens is 3. The van der Waals surface area contributed by atoms with Crippen LogP contribution in [0.25, 0.3) is 11.4 Å². The van der Waals surface area contributed by atoms with Gasteiger partial charge in [-0.15, -0.1) is 10.2 Å². The summed E-state index contributed by atoms with van der Waals surface area (Å²) in [4.78, 5) is 12.7. The first kappa shape index (κ1) is 17.9. The lowest BCUT2D eigenvalue weighted by Gasteiger charge is -2.24. The summed E-state index contributed by atoms with van der Waals surface area (Å²) in [6.07, 6.45) is 10.7.